The fourth-order valence-corrected chi connectivity index (χ4v) is 4.57. The quantitative estimate of drug-likeness (QED) is 0.890. The van der Waals surface area contributed by atoms with Gasteiger partial charge in [-0.05, 0) is 37.6 Å². The van der Waals surface area contributed by atoms with Crippen LogP contribution < -0.4 is 5.32 Å². The molecule has 0 saturated carbocycles. The molecule has 3 heteroatoms. The van der Waals surface area contributed by atoms with E-state index in [0.29, 0.717) is 0 Å². The van der Waals surface area contributed by atoms with Crippen LogP contribution in [-0.2, 0) is 0 Å². The first kappa shape index (κ1) is 13.5. The third-order valence-electron chi connectivity index (χ3n) is 4.32. The fraction of sp³-hybridized carbons (Fsp3) is 0.625. The van der Waals surface area contributed by atoms with Crippen molar-refractivity contribution < 1.29 is 0 Å². The standard InChI is InChI=1S/C16H24N2S/c1-2-9-18(14-7-8-17-10-14)11-13-12-19-16-6-4-3-5-15(13)16/h3-6,13-14,17H,2,7-12H2,1H3. The highest BCUT2D eigenvalue weighted by Gasteiger charge is 2.28. The maximum absolute atomic E-state index is 3.51. The minimum Gasteiger partial charge on any atom is -0.315 e. The smallest absolute Gasteiger partial charge is 0.0232 e. The van der Waals surface area contributed by atoms with E-state index in [-0.39, 0.29) is 0 Å². The first-order chi connectivity index (χ1) is 9.38. The first-order valence-electron chi connectivity index (χ1n) is 7.55. The van der Waals surface area contributed by atoms with E-state index < -0.39 is 0 Å². The Kier molecular flexibility index (Phi) is 4.46. The molecule has 1 aromatic rings. The Morgan fingerprint density at radius 3 is 3.05 bits per heavy atom. The molecule has 0 spiro atoms. The molecule has 104 valence electrons. The number of nitrogens with zero attached hydrogens (tertiary/aromatic N) is 1. The van der Waals surface area contributed by atoms with Gasteiger partial charge < -0.3 is 5.32 Å². The van der Waals surface area contributed by atoms with E-state index in [4.69, 9.17) is 0 Å². The van der Waals surface area contributed by atoms with Gasteiger partial charge >= 0.3 is 0 Å². The van der Waals surface area contributed by atoms with Gasteiger partial charge in [0.2, 0.25) is 0 Å². The number of rotatable bonds is 5. The largest absolute Gasteiger partial charge is 0.315 e. The van der Waals surface area contributed by atoms with Crippen molar-refractivity contribution in [3.63, 3.8) is 0 Å². The summed E-state index contributed by atoms with van der Waals surface area (Å²) >= 11 is 2.04. The van der Waals surface area contributed by atoms with Crippen LogP contribution in [0.5, 0.6) is 0 Å². The van der Waals surface area contributed by atoms with Gasteiger partial charge in [-0.15, -0.1) is 11.8 Å². The van der Waals surface area contributed by atoms with Gasteiger partial charge in [0.1, 0.15) is 0 Å². The number of hydrogen-bond donors (Lipinski definition) is 1. The third-order valence-corrected chi connectivity index (χ3v) is 5.57. The predicted molar refractivity (Wildman–Crippen MR) is 83.0 cm³/mol. The van der Waals surface area contributed by atoms with Gasteiger partial charge in [-0.25, -0.2) is 0 Å². The van der Waals surface area contributed by atoms with Crippen molar-refractivity contribution in [2.75, 3.05) is 31.9 Å². The molecule has 0 radical (unpaired) electrons. The number of thioether (sulfide) groups is 1. The number of fused-ring (bicyclic) bond motifs is 1. The fourth-order valence-electron chi connectivity index (χ4n) is 3.32. The van der Waals surface area contributed by atoms with Crippen LogP contribution in [0.1, 0.15) is 31.2 Å². The lowest BCUT2D eigenvalue weighted by Crippen LogP contribution is -2.40. The molecule has 0 amide bonds. The van der Waals surface area contributed by atoms with Crippen LogP contribution >= 0.6 is 11.8 Å². The van der Waals surface area contributed by atoms with Crippen LogP contribution in [0.2, 0.25) is 0 Å². The highest BCUT2D eigenvalue weighted by molar-refractivity contribution is 7.99. The molecular formula is C16H24N2S. The van der Waals surface area contributed by atoms with Crippen molar-refractivity contribution in [1.82, 2.24) is 10.2 Å². The summed E-state index contributed by atoms with van der Waals surface area (Å²) in [6.45, 7) is 7.16. The summed E-state index contributed by atoms with van der Waals surface area (Å²) < 4.78 is 0. The van der Waals surface area contributed by atoms with Gasteiger partial charge in [0.15, 0.2) is 0 Å². The molecule has 2 aliphatic heterocycles. The Balaban J connectivity index is 1.69. The average Bonchev–Trinajstić information content (AvgIpc) is 3.08. The third kappa shape index (κ3) is 2.99. The summed E-state index contributed by atoms with van der Waals surface area (Å²) in [6, 6.07) is 9.73. The van der Waals surface area contributed by atoms with E-state index in [2.05, 4.69) is 41.4 Å². The van der Waals surface area contributed by atoms with Gasteiger partial charge in [-0.2, -0.15) is 0 Å². The number of nitrogens with one attached hydrogen (secondary N) is 1. The molecule has 1 aromatic carbocycles. The van der Waals surface area contributed by atoms with Crippen LogP contribution in [0.25, 0.3) is 0 Å². The van der Waals surface area contributed by atoms with Gasteiger partial charge in [0.25, 0.3) is 0 Å². The Hall–Kier alpha value is -0.510. The van der Waals surface area contributed by atoms with Crippen molar-refractivity contribution in [1.29, 1.82) is 0 Å². The summed E-state index contributed by atoms with van der Waals surface area (Å²) in [5.74, 6) is 1.99. The van der Waals surface area contributed by atoms with Crippen molar-refractivity contribution in [3.05, 3.63) is 29.8 Å². The molecule has 2 atom stereocenters. The highest BCUT2D eigenvalue weighted by atomic mass is 32.2. The summed E-state index contributed by atoms with van der Waals surface area (Å²) in [6.07, 6.45) is 2.58. The zero-order valence-corrected chi connectivity index (χ0v) is 12.6. The van der Waals surface area contributed by atoms with Crippen molar-refractivity contribution in [2.45, 2.75) is 36.6 Å². The van der Waals surface area contributed by atoms with E-state index in [1.54, 1.807) is 5.56 Å². The normalized spacial score (nSPS) is 26.0. The van der Waals surface area contributed by atoms with E-state index in [1.165, 1.54) is 49.7 Å². The highest BCUT2D eigenvalue weighted by Crippen LogP contribution is 2.39. The second kappa shape index (κ2) is 6.29. The van der Waals surface area contributed by atoms with E-state index in [9.17, 15) is 0 Å². The zero-order chi connectivity index (χ0) is 13.1. The summed E-state index contributed by atoms with van der Waals surface area (Å²) in [5.41, 5.74) is 1.58. The zero-order valence-electron chi connectivity index (χ0n) is 11.8. The molecule has 19 heavy (non-hydrogen) atoms. The topological polar surface area (TPSA) is 15.3 Å². The second-order valence-corrected chi connectivity index (χ2v) is 6.75. The van der Waals surface area contributed by atoms with Crippen LogP contribution in [0.15, 0.2) is 29.2 Å². The van der Waals surface area contributed by atoms with Crippen LogP contribution in [-0.4, -0.2) is 42.9 Å². The lowest BCUT2D eigenvalue weighted by molar-refractivity contribution is 0.199. The lowest BCUT2D eigenvalue weighted by atomic mass is 9.99. The molecule has 0 aliphatic carbocycles. The molecule has 2 unspecified atom stereocenters. The second-order valence-electron chi connectivity index (χ2n) is 5.69. The van der Waals surface area contributed by atoms with Gasteiger partial charge in [0.05, 0.1) is 0 Å². The first-order valence-corrected chi connectivity index (χ1v) is 8.53. The molecule has 0 aromatic heterocycles. The molecule has 2 nitrogen and oxygen atoms in total. The van der Waals surface area contributed by atoms with Crippen molar-refractivity contribution >= 4 is 11.8 Å². The molecule has 3 rings (SSSR count). The molecular weight excluding hydrogens is 252 g/mol. The maximum Gasteiger partial charge on any atom is 0.0232 e. The number of hydrogen-bond acceptors (Lipinski definition) is 3. The van der Waals surface area contributed by atoms with Crippen LogP contribution in [0.3, 0.4) is 0 Å². The SMILES string of the molecule is CCCN(CC1CSc2ccccc21)C1CCNC1. The molecule has 1 fully saturated rings. The summed E-state index contributed by atoms with van der Waals surface area (Å²) in [7, 11) is 0. The van der Waals surface area contributed by atoms with Crippen LogP contribution in [0.4, 0.5) is 0 Å². The Labute approximate surface area is 121 Å². The number of benzene rings is 1. The van der Waals surface area contributed by atoms with Gasteiger partial charge in [-0.3, -0.25) is 4.90 Å². The van der Waals surface area contributed by atoms with Crippen LogP contribution in [0, 0.1) is 0 Å². The van der Waals surface area contributed by atoms with Crippen molar-refractivity contribution in [2.24, 2.45) is 0 Å². The summed E-state index contributed by atoms with van der Waals surface area (Å²) in [4.78, 5) is 4.24. The molecule has 1 saturated heterocycles. The Morgan fingerprint density at radius 1 is 1.37 bits per heavy atom. The molecule has 0 bridgehead atoms. The van der Waals surface area contributed by atoms with Crippen molar-refractivity contribution in [3.8, 4) is 0 Å². The predicted octanol–water partition coefficient (Wildman–Crippen LogP) is 2.95. The summed E-state index contributed by atoms with van der Waals surface area (Å²) in [5, 5.41) is 3.51. The molecule has 2 aliphatic rings. The minimum absolute atomic E-state index is 0.730. The Morgan fingerprint density at radius 2 is 2.26 bits per heavy atom. The minimum atomic E-state index is 0.730. The maximum atomic E-state index is 3.51. The molecule has 1 N–H and O–H groups in total. The van der Waals surface area contributed by atoms with Gasteiger partial charge in [0, 0.05) is 35.7 Å². The average molecular weight is 276 g/mol. The lowest BCUT2D eigenvalue weighted by Gasteiger charge is -2.30. The molecule has 2 heterocycles. The van der Waals surface area contributed by atoms with E-state index in [1.807, 2.05) is 11.8 Å². The monoisotopic (exact) mass is 276 g/mol. The van der Waals surface area contributed by atoms with E-state index in [0.717, 1.165) is 12.0 Å². The Bertz CT molecular complexity index is 415. The van der Waals surface area contributed by atoms with Gasteiger partial charge in [-0.1, -0.05) is 25.1 Å². The van der Waals surface area contributed by atoms with E-state index >= 15 is 0 Å².